The number of nitrogens with one attached hydrogen (secondary N) is 1. The Morgan fingerprint density at radius 1 is 1.53 bits per heavy atom. The van der Waals surface area contributed by atoms with Crippen molar-refractivity contribution in [2.45, 2.75) is 19.8 Å². The maximum absolute atomic E-state index is 11.6. The average molecular weight is 213 g/mol. The largest absolute Gasteiger partial charge is 0.369 e. The van der Waals surface area contributed by atoms with Crippen molar-refractivity contribution >= 4 is 11.8 Å². The van der Waals surface area contributed by atoms with Crippen LogP contribution in [0, 0.1) is 5.92 Å². The summed E-state index contributed by atoms with van der Waals surface area (Å²) in [7, 11) is 0. The zero-order valence-corrected chi connectivity index (χ0v) is 9.16. The van der Waals surface area contributed by atoms with Crippen LogP contribution in [0.4, 0.5) is 0 Å². The molecule has 0 radical (unpaired) electrons. The first-order valence-corrected chi connectivity index (χ1v) is 5.43. The quantitative estimate of drug-likeness (QED) is 0.594. The number of primary amides is 1. The van der Waals surface area contributed by atoms with E-state index in [0.29, 0.717) is 26.1 Å². The van der Waals surface area contributed by atoms with Crippen LogP contribution in [0.1, 0.15) is 19.8 Å². The third-order valence-electron chi connectivity index (χ3n) is 2.65. The molecule has 0 spiro atoms. The Morgan fingerprint density at radius 3 is 2.80 bits per heavy atom. The van der Waals surface area contributed by atoms with Gasteiger partial charge < -0.3 is 16.0 Å². The van der Waals surface area contributed by atoms with Gasteiger partial charge >= 0.3 is 0 Å². The van der Waals surface area contributed by atoms with Crippen LogP contribution in [0.3, 0.4) is 0 Å². The van der Waals surface area contributed by atoms with Gasteiger partial charge in [-0.25, -0.2) is 0 Å². The van der Waals surface area contributed by atoms with Crippen LogP contribution in [0.5, 0.6) is 0 Å². The van der Waals surface area contributed by atoms with E-state index in [4.69, 9.17) is 5.73 Å². The predicted molar refractivity (Wildman–Crippen MR) is 57.0 cm³/mol. The first kappa shape index (κ1) is 12.0. The number of nitrogens with zero attached hydrogens (tertiary/aromatic N) is 1. The van der Waals surface area contributed by atoms with Crippen LogP contribution in [0.25, 0.3) is 0 Å². The van der Waals surface area contributed by atoms with E-state index >= 15 is 0 Å². The molecular weight excluding hydrogens is 194 g/mol. The van der Waals surface area contributed by atoms with Gasteiger partial charge in [-0.2, -0.15) is 0 Å². The summed E-state index contributed by atoms with van der Waals surface area (Å²) in [6, 6.07) is 0. The van der Waals surface area contributed by atoms with Crippen LogP contribution < -0.4 is 11.1 Å². The monoisotopic (exact) mass is 213 g/mol. The molecule has 1 aliphatic heterocycles. The molecule has 1 heterocycles. The molecule has 1 unspecified atom stereocenters. The van der Waals surface area contributed by atoms with Crippen LogP contribution in [-0.4, -0.2) is 42.9 Å². The minimum Gasteiger partial charge on any atom is -0.369 e. The third-order valence-corrected chi connectivity index (χ3v) is 2.65. The molecule has 5 nitrogen and oxygen atoms in total. The third kappa shape index (κ3) is 3.51. The summed E-state index contributed by atoms with van der Waals surface area (Å²) in [6.07, 6.45) is 1.71. The number of amides is 2. The molecule has 0 saturated carbocycles. The molecule has 1 rings (SSSR count). The highest BCUT2D eigenvalue weighted by Crippen LogP contribution is 2.15. The zero-order valence-electron chi connectivity index (χ0n) is 9.16. The van der Waals surface area contributed by atoms with Gasteiger partial charge in [0.25, 0.3) is 0 Å². The number of carbonyl (C=O) groups excluding carboxylic acids is 2. The first-order chi connectivity index (χ1) is 7.15. The summed E-state index contributed by atoms with van der Waals surface area (Å²) in [5, 5.41) is 3.05. The van der Waals surface area contributed by atoms with E-state index in [2.05, 4.69) is 12.2 Å². The highest BCUT2D eigenvalue weighted by atomic mass is 16.2. The van der Waals surface area contributed by atoms with Crippen molar-refractivity contribution in [1.29, 1.82) is 0 Å². The molecule has 1 saturated heterocycles. The second-order valence-electron chi connectivity index (χ2n) is 3.90. The molecule has 1 atom stereocenters. The Labute approximate surface area is 90.0 Å². The highest BCUT2D eigenvalue weighted by Gasteiger charge is 2.28. The standard InChI is InChI=1S/C10H19N3O2/c1-2-4-12-6-9(14)13-5-3-8(7-13)10(11)15/h8,12H,2-7H2,1H3,(H2,11,15). The Morgan fingerprint density at radius 2 is 2.27 bits per heavy atom. The van der Waals surface area contributed by atoms with E-state index in [0.717, 1.165) is 13.0 Å². The first-order valence-electron chi connectivity index (χ1n) is 5.43. The molecule has 1 aliphatic rings. The zero-order chi connectivity index (χ0) is 11.3. The molecule has 3 N–H and O–H groups in total. The van der Waals surface area contributed by atoms with Crippen LogP contribution >= 0.6 is 0 Å². The number of rotatable bonds is 5. The van der Waals surface area contributed by atoms with Crippen molar-refractivity contribution in [3.05, 3.63) is 0 Å². The summed E-state index contributed by atoms with van der Waals surface area (Å²) < 4.78 is 0. The molecule has 0 aromatic carbocycles. The van der Waals surface area contributed by atoms with Crippen molar-refractivity contribution in [1.82, 2.24) is 10.2 Å². The molecule has 0 aromatic rings. The number of likely N-dealkylation sites (tertiary alicyclic amines) is 1. The normalized spacial score (nSPS) is 20.6. The second kappa shape index (κ2) is 5.70. The molecule has 86 valence electrons. The van der Waals surface area contributed by atoms with Gasteiger partial charge in [-0.1, -0.05) is 6.92 Å². The molecule has 0 aliphatic carbocycles. The van der Waals surface area contributed by atoms with Crippen molar-refractivity contribution in [3.63, 3.8) is 0 Å². The number of hydrogen-bond acceptors (Lipinski definition) is 3. The van der Waals surface area contributed by atoms with E-state index in [1.807, 2.05) is 0 Å². The highest BCUT2D eigenvalue weighted by molar-refractivity contribution is 5.82. The Hall–Kier alpha value is -1.10. The molecule has 2 amide bonds. The lowest BCUT2D eigenvalue weighted by molar-refractivity contribution is -0.129. The average Bonchev–Trinajstić information content (AvgIpc) is 2.66. The minimum atomic E-state index is -0.299. The van der Waals surface area contributed by atoms with Gasteiger partial charge in [0.05, 0.1) is 12.5 Å². The fraction of sp³-hybridized carbons (Fsp3) is 0.800. The fourth-order valence-electron chi connectivity index (χ4n) is 1.70. The fourth-order valence-corrected chi connectivity index (χ4v) is 1.70. The van der Waals surface area contributed by atoms with Crippen LogP contribution in [0.2, 0.25) is 0 Å². The van der Waals surface area contributed by atoms with Gasteiger partial charge in [-0.15, -0.1) is 0 Å². The smallest absolute Gasteiger partial charge is 0.236 e. The lowest BCUT2D eigenvalue weighted by atomic mass is 10.1. The second-order valence-corrected chi connectivity index (χ2v) is 3.90. The number of nitrogens with two attached hydrogens (primary N) is 1. The summed E-state index contributed by atoms with van der Waals surface area (Å²) in [5.74, 6) is -0.390. The summed E-state index contributed by atoms with van der Waals surface area (Å²) in [6.45, 7) is 4.40. The van der Waals surface area contributed by atoms with E-state index < -0.39 is 0 Å². The minimum absolute atomic E-state index is 0.0622. The number of carbonyl (C=O) groups is 2. The predicted octanol–water partition coefficient (Wildman–Crippen LogP) is -0.680. The van der Waals surface area contributed by atoms with E-state index in [1.165, 1.54) is 0 Å². The van der Waals surface area contributed by atoms with E-state index in [1.54, 1.807) is 4.90 Å². The van der Waals surface area contributed by atoms with Crippen LogP contribution in [0.15, 0.2) is 0 Å². The maximum atomic E-state index is 11.6. The SMILES string of the molecule is CCCNCC(=O)N1CCC(C(N)=O)C1. The van der Waals surface area contributed by atoms with Gasteiger partial charge in [-0.05, 0) is 19.4 Å². The number of hydrogen-bond donors (Lipinski definition) is 2. The van der Waals surface area contributed by atoms with E-state index in [-0.39, 0.29) is 17.7 Å². The van der Waals surface area contributed by atoms with Crippen molar-refractivity contribution in [2.75, 3.05) is 26.2 Å². The van der Waals surface area contributed by atoms with E-state index in [9.17, 15) is 9.59 Å². The Kier molecular flexibility index (Phi) is 4.55. The van der Waals surface area contributed by atoms with Gasteiger partial charge in [-0.3, -0.25) is 9.59 Å². The molecule has 5 heteroatoms. The Bertz CT molecular complexity index is 243. The molecule has 0 bridgehead atoms. The molecule has 1 fully saturated rings. The van der Waals surface area contributed by atoms with Gasteiger partial charge in [0.2, 0.25) is 11.8 Å². The molecular formula is C10H19N3O2. The van der Waals surface area contributed by atoms with Crippen LogP contribution in [-0.2, 0) is 9.59 Å². The van der Waals surface area contributed by atoms with Gasteiger partial charge in [0.1, 0.15) is 0 Å². The summed E-state index contributed by atoms with van der Waals surface area (Å²) in [5.41, 5.74) is 5.19. The van der Waals surface area contributed by atoms with Crippen molar-refractivity contribution < 1.29 is 9.59 Å². The summed E-state index contributed by atoms with van der Waals surface area (Å²) in [4.78, 5) is 24.2. The summed E-state index contributed by atoms with van der Waals surface area (Å²) >= 11 is 0. The van der Waals surface area contributed by atoms with Gasteiger partial charge in [0.15, 0.2) is 0 Å². The topological polar surface area (TPSA) is 75.4 Å². The lowest BCUT2D eigenvalue weighted by Gasteiger charge is -2.16. The maximum Gasteiger partial charge on any atom is 0.236 e. The van der Waals surface area contributed by atoms with Crippen molar-refractivity contribution in [2.24, 2.45) is 11.7 Å². The molecule has 0 aromatic heterocycles. The lowest BCUT2D eigenvalue weighted by Crippen LogP contribution is -2.38. The Balaban J connectivity index is 2.27. The van der Waals surface area contributed by atoms with Gasteiger partial charge in [0, 0.05) is 13.1 Å². The van der Waals surface area contributed by atoms with Crippen molar-refractivity contribution in [3.8, 4) is 0 Å². The molecule has 15 heavy (non-hydrogen) atoms.